The number of ether oxygens (including phenoxy) is 2. The van der Waals surface area contributed by atoms with Crippen molar-refractivity contribution >= 4 is 5.91 Å². The van der Waals surface area contributed by atoms with E-state index in [0.29, 0.717) is 6.42 Å². The zero-order valence-corrected chi connectivity index (χ0v) is 12.4. The summed E-state index contributed by atoms with van der Waals surface area (Å²) in [6.45, 7) is 12.1. The molecule has 0 bridgehead atoms. The lowest BCUT2D eigenvalue weighted by atomic mass is 9.84. The number of carbonyl (C=O) groups excluding carboxylic acids is 1. The van der Waals surface area contributed by atoms with Crippen LogP contribution in [0.2, 0.25) is 0 Å². The molecule has 0 aromatic carbocycles. The van der Waals surface area contributed by atoms with Crippen molar-refractivity contribution < 1.29 is 14.3 Å². The number of hydrogen-bond acceptors (Lipinski definition) is 3. The van der Waals surface area contributed by atoms with E-state index in [1.54, 1.807) is 0 Å². The highest BCUT2D eigenvalue weighted by Gasteiger charge is 2.37. The van der Waals surface area contributed by atoms with Gasteiger partial charge in [-0.2, -0.15) is 0 Å². The smallest absolute Gasteiger partial charge is 0.222 e. The van der Waals surface area contributed by atoms with Crippen molar-refractivity contribution in [3.8, 4) is 0 Å². The predicted octanol–water partition coefficient (Wildman–Crippen LogP) is 2.47. The van der Waals surface area contributed by atoms with E-state index in [1.807, 2.05) is 27.7 Å². The highest BCUT2D eigenvalue weighted by molar-refractivity contribution is 5.77. The second kappa shape index (κ2) is 6.02. The molecule has 1 aliphatic rings. The molecule has 4 heteroatoms. The lowest BCUT2D eigenvalue weighted by Crippen LogP contribution is -2.46. The average molecular weight is 257 g/mol. The Labute approximate surface area is 110 Å². The van der Waals surface area contributed by atoms with Crippen LogP contribution in [0.25, 0.3) is 0 Å². The molecule has 1 saturated heterocycles. The quantitative estimate of drug-likeness (QED) is 0.841. The van der Waals surface area contributed by atoms with Gasteiger partial charge in [0.25, 0.3) is 0 Å². The van der Waals surface area contributed by atoms with Crippen LogP contribution in [0, 0.1) is 5.41 Å². The van der Waals surface area contributed by atoms with Crippen LogP contribution in [-0.2, 0) is 14.3 Å². The molecule has 0 aromatic heterocycles. The van der Waals surface area contributed by atoms with Gasteiger partial charge >= 0.3 is 0 Å². The molecule has 18 heavy (non-hydrogen) atoms. The van der Waals surface area contributed by atoms with Gasteiger partial charge in [-0.3, -0.25) is 4.79 Å². The number of amides is 1. The maximum atomic E-state index is 11.9. The van der Waals surface area contributed by atoms with Crippen LogP contribution >= 0.6 is 0 Å². The maximum Gasteiger partial charge on any atom is 0.222 e. The Kier molecular flexibility index (Phi) is 5.17. The van der Waals surface area contributed by atoms with E-state index in [4.69, 9.17) is 9.47 Å². The minimum Gasteiger partial charge on any atom is -0.371 e. The summed E-state index contributed by atoms with van der Waals surface area (Å²) in [5.41, 5.74) is -0.0568. The van der Waals surface area contributed by atoms with E-state index in [2.05, 4.69) is 19.2 Å². The minimum atomic E-state index is -0.346. The first-order valence-electron chi connectivity index (χ1n) is 6.80. The van der Waals surface area contributed by atoms with E-state index in [-0.39, 0.29) is 35.9 Å². The number of carbonyl (C=O) groups is 1. The number of nitrogens with one attached hydrogen (secondary N) is 1. The molecule has 1 rings (SSSR count). The molecule has 4 nitrogen and oxygen atoms in total. The summed E-state index contributed by atoms with van der Waals surface area (Å²) in [5, 5.41) is 2.94. The zero-order chi connectivity index (χ0) is 13.9. The van der Waals surface area contributed by atoms with E-state index < -0.39 is 0 Å². The summed E-state index contributed by atoms with van der Waals surface area (Å²) in [7, 11) is 0. The molecule has 0 spiro atoms. The Hall–Kier alpha value is -0.610. The van der Waals surface area contributed by atoms with Gasteiger partial charge in [0.15, 0.2) is 6.23 Å². The van der Waals surface area contributed by atoms with E-state index in [1.165, 1.54) is 0 Å². The van der Waals surface area contributed by atoms with Crippen LogP contribution in [-0.4, -0.2) is 30.4 Å². The summed E-state index contributed by atoms with van der Waals surface area (Å²) in [6, 6.07) is 0. The molecule has 1 heterocycles. The third kappa shape index (κ3) is 4.94. The number of rotatable bonds is 4. The molecule has 106 valence electrons. The van der Waals surface area contributed by atoms with Gasteiger partial charge in [-0.15, -0.1) is 0 Å². The van der Waals surface area contributed by atoms with Gasteiger partial charge in [0.05, 0.1) is 12.2 Å². The summed E-state index contributed by atoms with van der Waals surface area (Å²) >= 11 is 0. The third-order valence-electron chi connectivity index (χ3n) is 2.90. The molecular weight excluding hydrogens is 230 g/mol. The normalized spacial score (nSPS) is 28.3. The third-order valence-corrected chi connectivity index (χ3v) is 2.90. The summed E-state index contributed by atoms with van der Waals surface area (Å²) in [4.78, 5) is 11.9. The lowest BCUT2D eigenvalue weighted by molar-refractivity contribution is -0.140. The van der Waals surface area contributed by atoms with Crippen molar-refractivity contribution in [3.05, 3.63) is 0 Å². The first-order chi connectivity index (χ1) is 8.19. The van der Waals surface area contributed by atoms with Gasteiger partial charge in [0.2, 0.25) is 5.91 Å². The van der Waals surface area contributed by atoms with Crippen molar-refractivity contribution in [1.29, 1.82) is 0 Å². The number of hydrogen-bond donors (Lipinski definition) is 1. The first-order valence-corrected chi connectivity index (χ1v) is 6.80. The fourth-order valence-electron chi connectivity index (χ4n) is 2.35. The van der Waals surface area contributed by atoms with Crippen molar-refractivity contribution in [2.75, 3.05) is 0 Å². The van der Waals surface area contributed by atoms with E-state index in [9.17, 15) is 4.79 Å². The second-order valence-electron chi connectivity index (χ2n) is 6.44. The summed E-state index contributed by atoms with van der Waals surface area (Å²) in [5.74, 6) is 0.0421. The monoisotopic (exact) mass is 257 g/mol. The summed E-state index contributed by atoms with van der Waals surface area (Å²) < 4.78 is 11.7. The van der Waals surface area contributed by atoms with Gasteiger partial charge in [0.1, 0.15) is 6.10 Å². The highest BCUT2D eigenvalue weighted by atomic mass is 16.6. The minimum absolute atomic E-state index is 0.0421. The highest BCUT2D eigenvalue weighted by Crippen LogP contribution is 2.32. The molecule has 1 amide bonds. The average Bonchev–Trinajstić information content (AvgIpc) is 2.20. The van der Waals surface area contributed by atoms with Crippen molar-refractivity contribution in [2.24, 2.45) is 5.41 Å². The van der Waals surface area contributed by atoms with Crippen molar-refractivity contribution in [1.82, 2.24) is 5.32 Å². The van der Waals surface area contributed by atoms with E-state index in [0.717, 1.165) is 6.42 Å². The molecule has 1 fully saturated rings. The Morgan fingerprint density at radius 1 is 1.17 bits per heavy atom. The molecule has 0 aliphatic carbocycles. The van der Waals surface area contributed by atoms with Gasteiger partial charge in [-0.25, -0.2) is 0 Å². The molecule has 0 aromatic rings. The van der Waals surface area contributed by atoms with Crippen LogP contribution in [0.4, 0.5) is 0 Å². The fourth-order valence-corrected chi connectivity index (χ4v) is 2.35. The zero-order valence-electron chi connectivity index (χ0n) is 12.4. The van der Waals surface area contributed by atoms with Crippen LogP contribution < -0.4 is 5.32 Å². The Bertz CT molecular complexity index is 287. The van der Waals surface area contributed by atoms with Crippen LogP contribution in [0.5, 0.6) is 0 Å². The molecule has 1 aliphatic heterocycles. The molecule has 0 radical (unpaired) electrons. The Morgan fingerprint density at radius 3 is 2.22 bits per heavy atom. The first kappa shape index (κ1) is 15.4. The van der Waals surface area contributed by atoms with Crippen molar-refractivity contribution in [3.63, 3.8) is 0 Å². The Morgan fingerprint density at radius 2 is 1.72 bits per heavy atom. The van der Waals surface area contributed by atoms with Gasteiger partial charge in [-0.1, -0.05) is 13.8 Å². The maximum absolute atomic E-state index is 11.9. The van der Waals surface area contributed by atoms with Gasteiger partial charge in [-0.05, 0) is 39.5 Å². The standard InChI is InChI=1S/C14H27NO3/c1-9(2)17-11-7-14(5,6)8-12(16)15-13(11)18-10(3)4/h9-11,13H,7-8H2,1-6H3,(H,15,16). The van der Waals surface area contributed by atoms with Gasteiger partial charge < -0.3 is 14.8 Å². The molecule has 1 N–H and O–H groups in total. The van der Waals surface area contributed by atoms with Crippen LogP contribution in [0.3, 0.4) is 0 Å². The molecule has 0 saturated carbocycles. The largest absolute Gasteiger partial charge is 0.371 e. The molecular formula is C14H27NO3. The van der Waals surface area contributed by atoms with Gasteiger partial charge in [0, 0.05) is 6.42 Å². The second-order valence-corrected chi connectivity index (χ2v) is 6.44. The lowest BCUT2D eigenvalue weighted by Gasteiger charge is -2.31. The van der Waals surface area contributed by atoms with Crippen LogP contribution in [0.15, 0.2) is 0 Å². The fraction of sp³-hybridized carbons (Fsp3) is 0.929. The Balaban J connectivity index is 2.84. The van der Waals surface area contributed by atoms with Crippen LogP contribution in [0.1, 0.15) is 54.4 Å². The predicted molar refractivity (Wildman–Crippen MR) is 71.2 cm³/mol. The molecule has 2 unspecified atom stereocenters. The topological polar surface area (TPSA) is 47.6 Å². The SMILES string of the molecule is CC(C)OC1CC(C)(C)CC(=O)NC1OC(C)C. The molecule has 2 atom stereocenters. The van der Waals surface area contributed by atoms with E-state index >= 15 is 0 Å². The van der Waals surface area contributed by atoms with Crippen molar-refractivity contribution in [2.45, 2.75) is 78.9 Å². The summed E-state index contributed by atoms with van der Waals surface area (Å²) in [6.07, 6.45) is 1.09.